The zero-order valence-corrected chi connectivity index (χ0v) is 9.23. The summed E-state index contributed by atoms with van der Waals surface area (Å²) in [5.74, 6) is 0. The van der Waals surface area contributed by atoms with Gasteiger partial charge < -0.3 is 4.90 Å². The Morgan fingerprint density at radius 3 is 3.12 bits per heavy atom. The van der Waals surface area contributed by atoms with Crippen molar-refractivity contribution in [3.05, 3.63) is 23.6 Å². The van der Waals surface area contributed by atoms with Crippen LogP contribution < -0.4 is 4.90 Å². The SMILES string of the molecule is FC1CCN(c2cc(Cl)nn3ccnc23)C1. The molecule has 84 valence electrons. The van der Waals surface area contributed by atoms with Gasteiger partial charge in [0, 0.05) is 31.5 Å². The molecule has 1 atom stereocenters. The highest BCUT2D eigenvalue weighted by Gasteiger charge is 2.24. The fourth-order valence-electron chi connectivity index (χ4n) is 2.04. The normalized spacial score (nSPS) is 20.9. The van der Waals surface area contributed by atoms with Gasteiger partial charge in [-0.2, -0.15) is 5.10 Å². The van der Waals surface area contributed by atoms with Crippen molar-refractivity contribution in [3.63, 3.8) is 0 Å². The molecule has 1 saturated heterocycles. The lowest BCUT2D eigenvalue weighted by atomic mass is 10.3. The minimum atomic E-state index is -0.762. The first-order valence-corrected chi connectivity index (χ1v) is 5.51. The van der Waals surface area contributed by atoms with Crippen molar-refractivity contribution in [2.45, 2.75) is 12.6 Å². The van der Waals surface area contributed by atoms with Gasteiger partial charge in [0.2, 0.25) is 0 Å². The molecule has 0 aliphatic carbocycles. The van der Waals surface area contributed by atoms with E-state index in [1.54, 1.807) is 23.0 Å². The molecule has 0 aromatic carbocycles. The van der Waals surface area contributed by atoms with E-state index in [0.29, 0.717) is 24.7 Å². The van der Waals surface area contributed by atoms with Gasteiger partial charge in [-0.3, -0.25) is 0 Å². The molecular weight excluding hydrogens is 231 g/mol. The number of anilines is 1. The van der Waals surface area contributed by atoms with Gasteiger partial charge in [-0.15, -0.1) is 0 Å². The van der Waals surface area contributed by atoms with E-state index in [1.807, 2.05) is 4.90 Å². The zero-order valence-electron chi connectivity index (χ0n) is 8.48. The fourth-order valence-corrected chi connectivity index (χ4v) is 2.22. The van der Waals surface area contributed by atoms with Crippen LogP contribution in [0.2, 0.25) is 5.15 Å². The first-order chi connectivity index (χ1) is 7.74. The molecule has 1 unspecified atom stereocenters. The second-order valence-corrected chi connectivity index (χ2v) is 4.27. The monoisotopic (exact) mass is 240 g/mol. The average Bonchev–Trinajstić information content (AvgIpc) is 2.84. The summed E-state index contributed by atoms with van der Waals surface area (Å²) in [6.45, 7) is 1.10. The first kappa shape index (κ1) is 9.84. The molecule has 1 fully saturated rings. The van der Waals surface area contributed by atoms with Crippen LogP contribution >= 0.6 is 11.6 Å². The van der Waals surface area contributed by atoms with E-state index in [-0.39, 0.29) is 0 Å². The van der Waals surface area contributed by atoms with Crippen LogP contribution in [0, 0.1) is 0 Å². The van der Waals surface area contributed by atoms with E-state index in [9.17, 15) is 4.39 Å². The number of alkyl halides is 1. The molecule has 2 aromatic heterocycles. The standard InChI is InChI=1S/C10H10ClFN4/c11-9-5-8(15-3-1-7(12)6-15)10-13-2-4-16(10)14-9/h2,4-5,7H,1,3,6H2. The van der Waals surface area contributed by atoms with Crippen LogP contribution in [0.15, 0.2) is 18.5 Å². The second kappa shape index (κ2) is 3.59. The maximum absolute atomic E-state index is 13.2. The van der Waals surface area contributed by atoms with Gasteiger partial charge >= 0.3 is 0 Å². The number of imidazole rings is 1. The third kappa shape index (κ3) is 1.51. The van der Waals surface area contributed by atoms with Crippen LogP contribution in [-0.2, 0) is 0 Å². The van der Waals surface area contributed by atoms with Crippen molar-refractivity contribution in [1.82, 2.24) is 14.6 Å². The molecule has 16 heavy (non-hydrogen) atoms. The van der Waals surface area contributed by atoms with Crippen LogP contribution in [-0.4, -0.2) is 33.9 Å². The third-order valence-electron chi connectivity index (χ3n) is 2.78. The van der Waals surface area contributed by atoms with Crippen molar-refractivity contribution in [2.24, 2.45) is 0 Å². The smallest absolute Gasteiger partial charge is 0.177 e. The molecule has 0 amide bonds. The summed E-state index contributed by atoms with van der Waals surface area (Å²) in [5.41, 5.74) is 1.57. The lowest BCUT2D eigenvalue weighted by Crippen LogP contribution is -2.21. The van der Waals surface area contributed by atoms with Gasteiger partial charge in [0.25, 0.3) is 0 Å². The van der Waals surface area contributed by atoms with Gasteiger partial charge in [-0.05, 0) is 6.42 Å². The highest BCUT2D eigenvalue weighted by Crippen LogP contribution is 2.27. The molecule has 1 aliphatic rings. The number of aromatic nitrogens is 3. The maximum atomic E-state index is 13.2. The van der Waals surface area contributed by atoms with Gasteiger partial charge in [0.15, 0.2) is 10.8 Å². The van der Waals surface area contributed by atoms with E-state index in [4.69, 9.17) is 11.6 Å². The van der Waals surface area contributed by atoms with Gasteiger partial charge in [0.05, 0.1) is 5.69 Å². The predicted octanol–water partition coefficient (Wildman–Crippen LogP) is 1.93. The molecular formula is C10H10ClFN4. The van der Waals surface area contributed by atoms with Crippen molar-refractivity contribution >= 4 is 22.9 Å². The van der Waals surface area contributed by atoms with Gasteiger partial charge in [-0.1, -0.05) is 11.6 Å². The molecule has 4 nitrogen and oxygen atoms in total. The molecule has 0 radical (unpaired) electrons. The Balaban J connectivity index is 2.11. The Labute approximate surface area is 96.6 Å². The van der Waals surface area contributed by atoms with Crippen molar-refractivity contribution in [3.8, 4) is 0 Å². The highest BCUT2D eigenvalue weighted by atomic mass is 35.5. The molecule has 6 heteroatoms. The van der Waals surface area contributed by atoms with Crippen LogP contribution in [0.4, 0.5) is 10.1 Å². The summed E-state index contributed by atoms with van der Waals surface area (Å²) >= 11 is 5.92. The number of hydrogen-bond donors (Lipinski definition) is 0. The fraction of sp³-hybridized carbons (Fsp3) is 0.400. The highest BCUT2D eigenvalue weighted by molar-refractivity contribution is 6.29. The Morgan fingerprint density at radius 1 is 1.50 bits per heavy atom. The second-order valence-electron chi connectivity index (χ2n) is 3.88. The first-order valence-electron chi connectivity index (χ1n) is 5.13. The Kier molecular flexibility index (Phi) is 2.21. The van der Waals surface area contributed by atoms with E-state index in [2.05, 4.69) is 10.1 Å². The number of rotatable bonds is 1. The minimum Gasteiger partial charge on any atom is -0.365 e. The van der Waals surface area contributed by atoms with Crippen LogP contribution in [0.3, 0.4) is 0 Å². The summed E-state index contributed by atoms with van der Waals surface area (Å²) in [5, 5.41) is 4.48. The van der Waals surface area contributed by atoms with Crippen LogP contribution in [0.1, 0.15) is 6.42 Å². The molecule has 1 aliphatic heterocycles. The Bertz CT molecular complexity index is 527. The predicted molar refractivity (Wildman–Crippen MR) is 59.7 cm³/mol. The minimum absolute atomic E-state index is 0.391. The largest absolute Gasteiger partial charge is 0.365 e. The molecule has 3 rings (SSSR count). The number of nitrogens with zero attached hydrogens (tertiary/aromatic N) is 4. The summed E-state index contributed by atoms with van der Waals surface area (Å²) < 4.78 is 14.8. The van der Waals surface area contributed by atoms with E-state index < -0.39 is 6.17 Å². The Morgan fingerprint density at radius 2 is 2.38 bits per heavy atom. The lowest BCUT2D eigenvalue weighted by molar-refractivity contribution is 0.364. The van der Waals surface area contributed by atoms with Crippen molar-refractivity contribution in [1.29, 1.82) is 0 Å². The maximum Gasteiger partial charge on any atom is 0.177 e. The van der Waals surface area contributed by atoms with Gasteiger partial charge in [0.1, 0.15) is 6.17 Å². The molecule has 0 spiro atoms. The molecule has 0 saturated carbocycles. The van der Waals surface area contributed by atoms with Crippen LogP contribution in [0.25, 0.3) is 5.65 Å². The van der Waals surface area contributed by atoms with Crippen molar-refractivity contribution in [2.75, 3.05) is 18.0 Å². The van der Waals surface area contributed by atoms with Crippen molar-refractivity contribution < 1.29 is 4.39 Å². The van der Waals surface area contributed by atoms with E-state index >= 15 is 0 Å². The summed E-state index contributed by atoms with van der Waals surface area (Å²) in [4.78, 5) is 6.17. The summed E-state index contributed by atoms with van der Waals surface area (Å²) in [6.07, 6.45) is 3.19. The number of halogens is 2. The number of fused-ring (bicyclic) bond motifs is 1. The van der Waals surface area contributed by atoms with E-state index in [1.165, 1.54) is 0 Å². The average molecular weight is 241 g/mol. The molecule has 0 N–H and O–H groups in total. The van der Waals surface area contributed by atoms with Crippen LogP contribution in [0.5, 0.6) is 0 Å². The zero-order chi connectivity index (χ0) is 11.1. The third-order valence-corrected chi connectivity index (χ3v) is 2.97. The Hall–Kier alpha value is -1.36. The summed E-state index contributed by atoms with van der Waals surface area (Å²) in [6, 6.07) is 1.74. The van der Waals surface area contributed by atoms with Gasteiger partial charge in [-0.25, -0.2) is 13.9 Å². The summed E-state index contributed by atoms with van der Waals surface area (Å²) in [7, 11) is 0. The number of hydrogen-bond acceptors (Lipinski definition) is 3. The molecule has 0 bridgehead atoms. The molecule has 2 aromatic rings. The van der Waals surface area contributed by atoms with E-state index in [0.717, 1.165) is 11.3 Å². The quantitative estimate of drug-likeness (QED) is 0.764. The topological polar surface area (TPSA) is 33.4 Å². The lowest BCUT2D eigenvalue weighted by Gasteiger charge is -2.17. The molecule has 3 heterocycles.